The number of hydrogen-bond donors (Lipinski definition) is 1. The second-order valence-electron chi connectivity index (χ2n) is 5.87. The van der Waals surface area contributed by atoms with Crippen molar-refractivity contribution in [3.8, 4) is 0 Å². The van der Waals surface area contributed by atoms with Crippen LogP contribution < -0.4 is 0 Å². The third-order valence-electron chi connectivity index (χ3n) is 3.72. The Morgan fingerprint density at radius 3 is 2.26 bits per heavy atom. The maximum absolute atomic E-state index is 10.6. The zero-order chi connectivity index (χ0) is 13.8. The Morgan fingerprint density at radius 1 is 1.16 bits per heavy atom. The van der Waals surface area contributed by atoms with Crippen LogP contribution in [0.1, 0.15) is 38.7 Å². The summed E-state index contributed by atoms with van der Waals surface area (Å²) in [7, 11) is 0. The highest BCUT2D eigenvalue weighted by Crippen LogP contribution is 2.38. The number of rotatable bonds is 4. The molecule has 19 heavy (non-hydrogen) atoms. The van der Waals surface area contributed by atoms with Crippen LogP contribution in [0.25, 0.3) is 0 Å². The van der Waals surface area contributed by atoms with E-state index in [2.05, 4.69) is 26.0 Å². The van der Waals surface area contributed by atoms with Gasteiger partial charge in [-0.15, -0.1) is 11.8 Å². The Kier molecular flexibility index (Phi) is 4.92. The number of carboxylic acid groups (broad SMARTS) is 1. The van der Waals surface area contributed by atoms with Crippen molar-refractivity contribution in [3.05, 3.63) is 29.8 Å². The first-order valence-electron chi connectivity index (χ1n) is 7.00. The van der Waals surface area contributed by atoms with Crippen LogP contribution in [0.4, 0.5) is 0 Å². The SMILES string of the molecule is CC1CC(C)CC(Sc2ccc(CC(=O)O)cc2)C1. The molecule has 0 radical (unpaired) electrons. The average molecular weight is 278 g/mol. The zero-order valence-corrected chi connectivity index (χ0v) is 12.5. The van der Waals surface area contributed by atoms with Gasteiger partial charge in [0.05, 0.1) is 6.42 Å². The van der Waals surface area contributed by atoms with Crippen molar-refractivity contribution in [2.45, 2.75) is 49.7 Å². The lowest BCUT2D eigenvalue weighted by Crippen LogP contribution is -2.21. The molecule has 0 spiro atoms. The first-order chi connectivity index (χ1) is 9.02. The van der Waals surface area contributed by atoms with E-state index in [9.17, 15) is 4.79 Å². The molecule has 0 saturated heterocycles. The van der Waals surface area contributed by atoms with Gasteiger partial charge in [0.2, 0.25) is 0 Å². The summed E-state index contributed by atoms with van der Waals surface area (Å²) in [5.41, 5.74) is 0.877. The third kappa shape index (κ3) is 4.57. The van der Waals surface area contributed by atoms with Crippen LogP contribution in [0.15, 0.2) is 29.2 Å². The van der Waals surface area contributed by atoms with Crippen molar-refractivity contribution >= 4 is 17.7 Å². The van der Waals surface area contributed by atoms with Crippen LogP contribution in [-0.4, -0.2) is 16.3 Å². The van der Waals surface area contributed by atoms with E-state index < -0.39 is 5.97 Å². The molecule has 1 N–H and O–H groups in total. The molecule has 0 heterocycles. The molecule has 3 heteroatoms. The van der Waals surface area contributed by atoms with Gasteiger partial charge in [0, 0.05) is 10.1 Å². The molecule has 2 atom stereocenters. The van der Waals surface area contributed by atoms with Crippen LogP contribution in [0, 0.1) is 11.8 Å². The van der Waals surface area contributed by atoms with Gasteiger partial charge in [-0.25, -0.2) is 0 Å². The monoisotopic (exact) mass is 278 g/mol. The van der Waals surface area contributed by atoms with Crippen molar-refractivity contribution in [1.29, 1.82) is 0 Å². The Bertz CT molecular complexity index is 417. The molecule has 0 bridgehead atoms. The highest BCUT2D eigenvalue weighted by molar-refractivity contribution is 8.00. The minimum absolute atomic E-state index is 0.114. The molecule has 1 saturated carbocycles. The molecular formula is C16H22O2S. The maximum Gasteiger partial charge on any atom is 0.307 e. The number of aliphatic carboxylic acids is 1. The summed E-state index contributed by atoms with van der Waals surface area (Å²) in [5.74, 6) is 0.885. The number of carboxylic acids is 1. The zero-order valence-electron chi connectivity index (χ0n) is 11.6. The van der Waals surface area contributed by atoms with E-state index in [1.807, 2.05) is 23.9 Å². The summed E-state index contributed by atoms with van der Waals surface area (Å²) in [6, 6.07) is 8.00. The first kappa shape index (κ1) is 14.4. The topological polar surface area (TPSA) is 37.3 Å². The summed E-state index contributed by atoms with van der Waals surface area (Å²) in [6.45, 7) is 4.69. The van der Waals surface area contributed by atoms with E-state index in [4.69, 9.17) is 5.11 Å². The largest absolute Gasteiger partial charge is 0.481 e. The van der Waals surface area contributed by atoms with Crippen molar-refractivity contribution < 1.29 is 9.90 Å². The van der Waals surface area contributed by atoms with Gasteiger partial charge >= 0.3 is 5.97 Å². The smallest absolute Gasteiger partial charge is 0.307 e. The predicted molar refractivity (Wildman–Crippen MR) is 79.6 cm³/mol. The summed E-state index contributed by atoms with van der Waals surface area (Å²) in [4.78, 5) is 11.9. The Hall–Kier alpha value is -0.960. The summed E-state index contributed by atoms with van der Waals surface area (Å²) in [6.07, 6.45) is 4.06. The summed E-state index contributed by atoms with van der Waals surface area (Å²) < 4.78 is 0. The lowest BCUT2D eigenvalue weighted by atomic mass is 9.83. The van der Waals surface area contributed by atoms with Gasteiger partial charge in [-0.3, -0.25) is 4.79 Å². The standard InChI is InChI=1S/C16H22O2S/c1-11-7-12(2)9-15(8-11)19-14-5-3-13(4-6-14)10-16(17)18/h3-6,11-12,15H,7-10H2,1-2H3,(H,17,18). The van der Waals surface area contributed by atoms with Crippen molar-refractivity contribution in [2.75, 3.05) is 0 Å². The van der Waals surface area contributed by atoms with Gasteiger partial charge < -0.3 is 5.11 Å². The van der Waals surface area contributed by atoms with Crippen LogP contribution in [0.5, 0.6) is 0 Å². The lowest BCUT2D eigenvalue weighted by molar-refractivity contribution is -0.136. The highest BCUT2D eigenvalue weighted by atomic mass is 32.2. The van der Waals surface area contributed by atoms with Crippen LogP contribution in [0.3, 0.4) is 0 Å². The average Bonchev–Trinajstić information content (AvgIpc) is 2.29. The molecule has 0 aliphatic heterocycles. The van der Waals surface area contributed by atoms with Crippen LogP contribution in [-0.2, 0) is 11.2 Å². The van der Waals surface area contributed by atoms with Crippen molar-refractivity contribution in [1.82, 2.24) is 0 Å². The fraction of sp³-hybridized carbons (Fsp3) is 0.562. The third-order valence-corrected chi connectivity index (χ3v) is 4.98. The number of thioether (sulfide) groups is 1. The normalized spacial score (nSPS) is 27.2. The van der Waals surface area contributed by atoms with Gasteiger partial charge in [-0.05, 0) is 48.8 Å². The molecule has 0 aromatic heterocycles. The van der Waals surface area contributed by atoms with Gasteiger partial charge in [0.25, 0.3) is 0 Å². The Labute approximate surface area is 119 Å². The molecule has 2 nitrogen and oxygen atoms in total. The van der Waals surface area contributed by atoms with E-state index >= 15 is 0 Å². The predicted octanol–water partition coefficient (Wildman–Crippen LogP) is 4.23. The highest BCUT2D eigenvalue weighted by Gasteiger charge is 2.24. The molecule has 2 unspecified atom stereocenters. The van der Waals surface area contributed by atoms with Crippen LogP contribution >= 0.6 is 11.8 Å². The van der Waals surface area contributed by atoms with Gasteiger partial charge in [0.1, 0.15) is 0 Å². The van der Waals surface area contributed by atoms with Crippen molar-refractivity contribution in [3.63, 3.8) is 0 Å². The van der Waals surface area contributed by atoms with E-state index in [0.717, 1.165) is 17.4 Å². The maximum atomic E-state index is 10.6. The minimum Gasteiger partial charge on any atom is -0.481 e. The Balaban J connectivity index is 1.93. The van der Waals surface area contributed by atoms with Crippen LogP contribution in [0.2, 0.25) is 0 Å². The minimum atomic E-state index is -0.768. The number of hydrogen-bond acceptors (Lipinski definition) is 2. The summed E-state index contributed by atoms with van der Waals surface area (Å²) in [5, 5.41) is 9.46. The van der Waals surface area contributed by atoms with E-state index in [0.29, 0.717) is 5.25 Å². The molecular weight excluding hydrogens is 256 g/mol. The number of carbonyl (C=O) groups is 1. The molecule has 1 aromatic rings. The molecule has 2 rings (SSSR count). The fourth-order valence-electron chi connectivity index (χ4n) is 3.02. The van der Waals surface area contributed by atoms with E-state index in [1.54, 1.807) is 0 Å². The van der Waals surface area contributed by atoms with Crippen molar-refractivity contribution in [2.24, 2.45) is 11.8 Å². The molecule has 1 aliphatic rings. The van der Waals surface area contributed by atoms with Gasteiger partial charge in [-0.1, -0.05) is 26.0 Å². The second-order valence-corrected chi connectivity index (χ2v) is 7.25. The second kappa shape index (κ2) is 6.47. The molecule has 1 fully saturated rings. The first-order valence-corrected chi connectivity index (χ1v) is 7.88. The lowest BCUT2D eigenvalue weighted by Gasteiger charge is -2.31. The number of benzene rings is 1. The van der Waals surface area contributed by atoms with E-state index in [-0.39, 0.29) is 6.42 Å². The fourth-order valence-corrected chi connectivity index (χ4v) is 4.55. The molecule has 104 valence electrons. The van der Waals surface area contributed by atoms with Gasteiger partial charge in [-0.2, -0.15) is 0 Å². The quantitative estimate of drug-likeness (QED) is 0.895. The molecule has 1 aliphatic carbocycles. The molecule has 1 aromatic carbocycles. The summed E-state index contributed by atoms with van der Waals surface area (Å²) >= 11 is 1.95. The molecule has 0 amide bonds. The van der Waals surface area contributed by atoms with E-state index in [1.165, 1.54) is 24.2 Å². The van der Waals surface area contributed by atoms with Gasteiger partial charge in [0.15, 0.2) is 0 Å². The Morgan fingerprint density at radius 2 is 1.74 bits per heavy atom.